The SMILES string of the molecule is CC(C)[N+]1(C(c2ccccc2)(c2ccccc2)c2ccccc2)C=NC(CN)=C1. The van der Waals surface area contributed by atoms with Crippen molar-refractivity contribution in [3.63, 3.8) is 0 Å². The van der Waals surface area contributed by atoms with Gasteiger partial charge in [0.15, 0.2) is 11.9 Å². The zero-order valence-corrected chi connectivity index (χ0v) is 17.1. The minimum Gasteiger partial charge on any atom is -0.325 e. The average Bonchev–Trinajstić information content (AvgIpc) is 3.23. The minimum absolute atomic E-state index is 0.239. The Bertz CT molecular complexity index is 911. The lowest BCUT2D eigenvalue weighted by molar-refractivity contribution is -0.854. The lowest BCUT2D eigenvalue weighted by Crippen LogP contribution is -2.62. The summed E-state index contributed by atoms with van der Waals surface area (Å²) in [4.78, 5) is 4.75. The highest BCUT2D eigenvalue weighted by Gasteiger charge is 2.57. The van der Waals surface area contributed by atoms with Crippen molar-refractivity contribution in [2.45, 2.75) is 25.4 Å². The summed E-state index contributed by atoms with van der Waals surface area (Å²) in [6.45, 7) is 4.94. The van der Waals surface area contributed by atoms with Crippen molar-refractivity contribution in [1.82, 2.24) is 0 Å². The van der Waals surface area contributed by atoms with Crippen LogP contribution >= 0.6 is 0 Å². The second kappa shape index (κ2) is 7.78. The van der Waals surface area contributed by atoms with Crippen LogP contribution in [0.2, 0.25) is 0 Å². The summed E-state index contributed by atoms with van der Waals surface area (Å²) in [6.07, 6.45) is 4.33. The second-order valence-corrected chi connectivity index (χ2v) is 7.81. The Balaban J connectivity index is 2.18. The molecule has 3 aromatic rings. The molecule has 1 heterocycles. The normalized spacial score (nSPS) is 18.8. The molecule has 1 atom stereocenters. The van der Waals surface area contributed by atoms with E-state index in [4.69, 9.17) is 10.7 Å². The third kappa shape index (κ3) is 2.94. The van der Waals surface area contributed by atoms with Gasteiger partial charge in [0, 0.05) is 23.2 Å². The summed E-state index contributed by atoms with van der Waals surface area (Å²) in [6, 6.07) is 32.5. The van der Waals surface area contributed by atoms with E-state index < -0.39 is 5.54 Å². The van der Waals surface area contributed by atoms with Gasteiger partial charge in [0.05, 0.1) is 6.04 Å². The molecule has 0 fully saturated rings. The van der Waals surface area contributed by atoms with E-state index in [1.807, 2.05) is 0 Å². The first kappa shape index (κ1) is 19.3. The maximum Gasteiger partial charge on any atom is 0.196 e. The number of hydrogen-bond acceptors (Lipinski definition) is 2. The number of rotatable bonds is 6. The molecule has 0 aliphatic carbocycles. The molecule has 3 heteroatoms. The van der Waals surface area contributed by atoms with Gasteiger partial charge in [0.1, 0.15) is 11.9 Å². The van der Waals surface area contributed by atoms with Crippen molar-refractivity contribution in [3.05, 3.63) is 120 Å². The quantitative estimate of drug-likeness (QED) is 0.470. The van der Waals surface area contributed by atoms with Gasteiger partial charge in [0.25, 0.3) is 0 Å². The van der Waals surface area contributed by atoms with Crippen LogP contribution in [0.1, 0.15) is 30.5 Å². The van der Waals surface area contributed by atoms with Crippen LogP contribution in [-0.2, 0) is 5.54 Å². The van der Waals surface area contributed by atoms with Crippen molar-refractivity contribution in [2.24, 2.45) is 10.7 Å². The van der Waals surface area contributed by atoms with Crippen LogP contribution in [0.5, 0.6) is 0 Å². The van der Waals surface area contributed by atoms with E-state index in [1.165, 1.54) is 16.7 Å². The van der Waals surface area contributed by atoms with Crippen molar-refractivity contribution in [2.75, 3.05) is 6.54 Å². The fraction of sp³-hybridized carbons (Fsp3) is 0.192. The Morgan fingerprint density at radius 2 is 1.17 bits per heavy atom. The number of nitrogens with zero attached hydrogens (tertiary/aromatic N) is 2. The number of benzene rings is 3. The minimum atomic E-state index is -0.488. The van der Waals surface area contributed by atoms with Crippen LogP contribution in [0.4, 0.5) is 0 Å². The number of aliphatic imine (C=N–C) groups is 1. The highest BCUT2D eigenvalue weighted by Crippen LogP contribution is 2.49. The van der Waals surface area contributed by atoms with Crippen molar-refractivity contribution in [1.29, 1.82) is 0 Å². The molecule has 0 bridgehead atoms. The van der Waals surface area contributed by atoms with Gasteiger partial charge in [-0.05, 0) is 13.8 Å². The van der Waals surface area contributed by atoms with E-state index in [-0.39, 0.29) is 6.04 Å². The van der Waals surface area contributed by atoms with Gasteiger partial charge in [0.2, 0.25) is 0 Å². The van der Waals surface area contributed by atoms with Gasteiger partial charge >= 0.3 is 0 Å². The summed E-state index contributed by atoms with van der Waals surface area (Å²) < 4.78 is 0.553. The Hall–Kier alpha value is -3.01. The monoisotopic (exact) mass is 382 g/mol. The zero-order valence-electron chi connectivity index (χ0n) is 17.1. The topological polar surface area (TPSA) is 38.4 Å². The first-order valence-electron chi connectivity index (χ1n) is 10.2. The first-order chi connectivity index (χ1) is 14.1. The van der Waals surface area contributed by atoms with Crippen molar-refractivity contribution >= 4 is 6.34 Å². The molecule has 1 aliphatic heterocycles. The van der Waals surface area contributed by atoms with E-state index in [0.29, 0.717) is 11.0 Å². The molecule has 0 radical (unpaired) electrons. The standard InChI is InChI=1S/C26H28N3/c1-21(2)29(19-25(18-27)28-20-29)26(22-12-6-3-7-13-22,23-14-8-4-9-15-23)24-16-10-5-11-17-24/h3-17,19-21H,18,27H2,1-2H3/q+1. The van der Waals surface area contributed by atoms with Gasteiger partial charge in [-0.3, -0.25) is 0 Å². The van der Waals surface area contributed by atoms with Gasteiger partial charge in [-0.25, -0.2) is 9.48 Å². The summed E-state index contributed by atoms with van der Waals surface area (Å²) in [7, 11) is 0. The molecule has 1 aliphatic rings. The molecule has 0 saturated heterocycles. The van der Waals surface area contributed by atoms with E-state index >= 15 is 0 Å². The molecular formula is C26H28N3+. The molecule has 3 nitrogen and oxygen atoms in total. The molecular weight excluding hydrogens is 354 g/mol. The molecule has 29 heavy (non-hydrogen) atoms. The van der Waals surface area contributed by atoms with E-state index in [2.05, 4.69) is 117 Å². The summed E-state index contributed by atoms with van der Waals surface area (Å²) in [5.74, 6) is 0. The first-order valence-corrected chi connectivity index (χ1v) is 10.2. The van der Waals surface area contributed by atoms with E-state index in [9.17, 15) is 0 Å². The average molecular weight is 383 g/mol. The number of hydrogen-bond donors (Lipinski definition) is 1. The smallest absolute Gasteiger partial charge is 0.196 e. The van der Waals surface area contributed by atoms with Crippen molar-refractivity contribution < 1.29 is 4.48 Å². The molecule has 146 valence electrons. The molecule has 0 spiro atoms. The predicted molar refractivity (Wildman–Crippen MR) is 120 cm³/mol. The van der Waals surface area contributed by atoms with Crippen LogP contribution in [-0.4, -0.2) is 23.4 Å². The molecule has 4 rings (SSSR count). The van der Waals surface area contributed by atoms with Gasteiger partial charge in [-0.15, -0.1) is 0 Å². The van der Waals surface area contributed by atoms with Crippen LogP contribution in [0.15, 0.2) is 108 Å². The molecule has 0 amide bonds. The molecule has 0 saturated carbocycles. The number of nitrogens with two attached hydrogens (primary N) is 1. The maximum absolute atomic E-state index is 6.02. The Morgan fingerprint density at radius 1 is 0.759 bits per heavy atom. The van der Waals surface area contributed by atoms with Gasteiger partial charge in [-0.1, -0.05) is 91.0 Å². The second-order valence-electron chi connectivity index (χ2n) is 7.81. The largest absolute Gasteiger partial charge is 0.325 e. The van der Waals surface area contributed by atoms with Crippen molar-refractivity contribution in [3.8, 4) is 0 Å². The molecule has 0 aromatic heterocycles. The van der Waals surface area contributed by atoms with E-state index in [0.717, 1.165) is 5.70 Å². The Kier molecular flexibility index (Phi) is 5.18. The van der Waals surface area contributed by atoms with Crippen LogP contribution in [0.25, 0.3) is 0 Å². The fourth-order valence-corrected chi connectivity index (χ4v) is 4.65. The Morgan fingerprint density at radius 3 is 1.48 bits per heavy atom. The van der Waals surface area contributed by atoms with Gasteiger partial charge < -0.3 is 5.73 Å². The van der Waals surface area contributed by atoms with Crippen LogP contribution in [0.3, 0.4) is 0 Å². The highest BCUT2D eigenvalue weighted by molar-refractivity contribution is 5.60. The van der Waals surface area contributed by atoms with Gasteiger partial charge in [-0.2, -0.15) is 0 Å². The van der Waals surface area contributed by atoms with Crippen LogP contribution < -0.4 is 5.73 Å². The highest BCUT2D eigenvalue weighted by atomic mass is 15.5. The molecule has 3 aromatic carbocycles. The zero-order chi connectivity index (χ0) is 20.3. The third-order valence-electron chi connectivity index (χ3n) is 6.00. The number of quaternary nitrogens is 1. The maximum atomic E-state index is 6.02. The Labute approximate surface area is 173 Å². The lowest BCUT2D eigenvalue weighted by atomic mass is 9.73. The van der Waals surface area contributed by atoms with Crippen LogP contribution in [0, 0.1) is 0 Å². The third-order valence-corrected chi connectivity index (χ3v) is 6.00. The van der Waals surface area contributed by atoms with E-state index in [1.54, 1.807) is 0 Å². The lowest BCUT2D eigenvalue weighted by Gasteiger charge is -2.50. The predicted octanol–water partition coefficient (Wildman–Crippen LogP) is 5.05. The summed E-state index contributed by atoms with van der Waals surface area (Å²) in [5, 5.41) is 0. The molecule has 2 N–H and O–H groups in total. The molecule has 1 unspecified atom stereocenters. The summed E-state index contributed by atoms with van der Waals surface area (Å²) >= 11 is 0. The fourth-order valence-electron chi connectivity index (χ4n) is 4.65. The summed E-state index contributed by atoms with van der Waals surface area (Å²) in [5.41, 5.74) is 10.1.